The molecular formula is C15H13BrF3N. The molecule has 20 heavy (non-hydrogen) atoms. The van der Waals surface area contributed by atoms with Gasteiger partial charge in [-0.1, -0.05) is 34.1 Å². The molecule has 0 bridgehead atoms. The Hall–Kier alpha value is -1.33. The summed E-state index contributed by atoms with van der Waals surface area (Å²) in [5.74, 6) is 0. The number of aryl methyl sites for hydroxylation is 1. The SMILES string of the molecule is Cc1cc(Br)ccc1C(N)c1cccc(C(F)(F)F)c1. The number of rotatable bonds is 2. The van der Waals surface area contributed by atoms with Crippen molar-refractivity contribution in [3.8, 4) is 0 Å². The third kappa shape index (κ3) is 3.22. The van der Waals surface area contributed by atoms with Crippen LogP contribution in [0.4, 0.5) is 13.2 Å². The molecule has 106 valence electrons. The Morgan fingerprint density at radius 1 is 1.10 bits per heavy atom. The van der Waals surface area contributed by atoms with Crippen molar-refractivity contribution in [3.63, 3.8) is 0 Å². The molecule has 2 rings (SSSR count). The van der Waals surface area contributed by atoms with Crippen molar-refractivity contribution in [1.82, 2.24) is 0 Å². The maximum atomic E-state index is 12.7. The largest absolute Gasteiger partial charge is 0.416 e. The lowest BCUT2D eigenvalue weighted by Crippen LogP contribution is -2.15. The molecular weight excluding hydrogens is 331 g/mol. The minimum Gasteiger partial charge on any atom is -0.320 e. The summed E-state index contributed by atoms with van der Waals surface area (Å²) in [6.45, 7) is 1.88. The number of halogens is 4. The Balaban J connectivity index is 2.41. The smallest absolute Gasteiger partial charge is 0.320 e. The van der Waals surface area contributed by atoms with E-state index in [1.165, 1.54) is 6.07 Å². The predicted molar refractivity (Wildman–Crippen MR) is 76.4 cm³/mol. The number of benzene rings is 2. The molecule has 0 fully saturated rings. The summed E-state index contributed by atoms with van der Waals surface area (Å²) < 4.78 is 39.1. The standard InChI is InChI=1S/C15H13BrF3N/c1-9-7-12(16)5-6-13(9)14(20)10-3-2-4-11(8-10)15(17,18)19/h2-8,14H,20H2,1H3. The molecule has 0 saturated heterocycles. The zero-order chi connectivity index (χ0) is 14.9. The fourth-order valence-electron chi connectivity index (χ4n) is 2.08. The van der Waals surface area contributed by atoms with Gasteiger partial charge in [-0.05, 0) is 47.9 Å². The third-order valence-corrected chi connectivity index (χ3v) is 3.63. The summed E-state index contributed by atoms with van der Waals surface area (Å²) in [5.41, 5.74) is 7.61. The molecule has 0 aliphatic carbocycles. The van der Waals surface area contributed by atoms with Crippen LogP contribution in [0.15, 0.2) is 46.9 Å². The minimum absolute atomic E-state index is 0.449. The van der Waals surface area contributed by atoms with Crippen molar-refractivity contribution in [2.45, 2.75) is 19.1 Å². The van der Waals surface area contributed by atoms with Crippen molar-refractivity contribution in [2.24, 2.45) is 5.73 Å². The van der Waals surface area contributed by atoms with Crippen molar-refractivity contribution in [1.29, 1.82) is 0 Å². The van der Waals surface area contributed by atoms with Gasteiger partial charge in [0.1, 0.15) is 0 Å². The molecule has 1 nitrogen and oxygen atoms in total. The molecule has 0 heterocycles. The van der Waals surface area contributed by atoms with Gasteiger partial charge in [0.2, 0.25) is 0 Å². The number of alkyl halides is 3. The van der Waals surface area contributed by atoms with Crippen molar-refractivity contribution >= 4 is 15.9 Å². The molecule has 0 saturated carbocycles. The molecule has 0 aliphatic heterocycles. The van der Waals surface area contributed by atoms with Crippen LogP contribution in [0.3, 0.4) is 0 Å². The number of nitrogens with two attached hydrogens (primary N) is 1. The maximum absolute atomic E-state index is 12.7. The van der Waals surface area contributed by atoms with Gasteiger partial charge in [-0.2, -0.15) is 13.2 Å². The highest BCUT2D eigenvalue weighted by molar-refractivity contribution is 9.10. The summed E-state index contributed by atoms with van der Waals surface area (Å²) in [6, 6.07) is 10.1. The van der Waals surface area contributed by atoms with Gasteiger partial charge in [0.05, 0.1) is 11.6 Å². The first-order valence-corrected chi connectivity index (χ1v) is 6.77. The summed E-state index contributed by atoms with van der Waals surface area (Å²) in [7, 11) is 0. The summed E-state index contributed by atoms with van der Waals surface area (Å²) in [4.78, 5) is 0. The fraction of sp³-hybridized carbons (Fsp3) is 0.200. The second-order valence-corrected chi connectivity index (χ2v) is 5.52. The number of hydrogen-bond donors (Lipinski definition) is 1. The molecule has 2 N–H and O–H groups in total. The van der Waals surface area contributed by atoms with Crippen molar-refractivity contribution in [2.75, 3.05) is 0 Å². The Morgan fingerprint density at radius 3 is 2.40 bits per heavy atom. The van der Waals surface area contributed by atoms with Crippen molar-refractivity contribution < 1.29 is 13.2 Å². The average Bonchev–Trinajstić information content (AvgIpc) is 2.37. The average molecular weight is 344 g/mol. The van der Waals surface area contributed by atoms with Gasteiger partial charge >= 0.3 is 6.18 Å². The molecule has 0 aliphatic rings. The lowest BCUT2D eigenvalue weighted by molar-refractivity contribution is -0.137. The molecule has 2 aromatic carbocycles. The summed E-state index contributed by atoms with van der Waals surface area (Å²) in [6.07, 6.45) is -4.36. The van der Waals surface area contributed by atoms with E-state index in [0.717, 1.165) is 27.7 Å². The highest BCUT2D eigenvalue weighted by Crippen LogP contribution is 2.32. The highest BCUT2D eigenvalue weighted by Gasteiger charge is 2.30. The van der Waals surface area contributed by atoms with E-state index in [2.05, 4.69) is 15.9 Å². The van der Waals surface area contributed by atoms with E-state index in [4.69, 9.17) is 5.73 Å². The summed E-state index contributed by atoms with van der Waals surface area (Å²) >= 11 is 3.35. The molecule has 0 amide bonds. The summed E-state index contributed by atoms with van der Waals surface area (Å²) in [5, 5.41) is 0. The van der Waals surface area contributed by atoms with Gasteiger partial charge in [0.15, 0.2) is 0 Å². The van der Waals surface area contributed by atoms with Crippen LogP contribution in [0.5, 0.6) is 0 Å². The van der Waals surface area contributed by atoms with Gasteiger partial charge in [-0.3, -0.25) is 0 Å². The van der Waals surface area contributed by atoms with Crippen LogP contribution in [0, 0.1) is 6.92 Å². The van der Waals surface area contributed by atoms with E-state index < -0.39 is 17.8 Å². The lowest BCUT2D eigenvalue weighted by Gasteiger charge is -2.17. The Kier molecular flexibility index (Phi) is 4.20. The van der Waals surface area contributed by atoms with E-state index in [-0.39, 0.29) is 0 Å². The molecule has 0 radical (unpaired) electrons. The van der Waals surface area contributed by atoms with Crippen LogP contribution in [-0.2, 0) is 6.18 Å². The number of hydrogen-bond acceptors (Lipinski definition) is 1. The van der Waals surface area contributed by atoms with E-state index in [1.54, 1.807) is 6.07 Å². The third-order valence-electron chi connectivity index (χ3n) is 3.14. The zero-order valence-electron chi connectivity index (χ0n) is 10.7. The normalized spacial score (nSPS) is 13.3. The van der Waals surface area contributed by atoms with Crippen LogP contribution in [-0.4, -0.2) is 0 Å². The van der Waals surface area contributed by atoms with Gasteiger partial charge in [0, 0.05) is 4.47 Å². The maximum Gasteiger partial charge on any atom is 0.416 e. The van der Waals surface area contributed by atoms with Crippen LogP contribution in [0.1, 0.15) is 28.3 Å². The van der Waals surface area contributed by atoms with Crippen LogP contribution >= 0.6 is 15.9 Å². The molecule has 1 unspecified atom stereocenters. The topological polar surface area (TPSA) is 26.0 Å². The van der Waals surface area contributed by atoms with E-state index >= 15 is 0 Å². The van der Waals surface area contributed by atoms with Gasteiger partial charge in [-0.25, -0.2) is 0 Å². The monoisotopic (exact) mass is 343 g/mol. The van der Waals surface area contributed by atoms with Gasteiger partial charge in [0.25, 0.3) is 0 Å². The van der Waals surface area contributed by atoms with Gasteiger partial charge < -0.3 is 5.73 Å². The van der Waals surface area contributed by atoms with Crippen LogP contribution in [0.25, 0.3) is 0 Å². The predicted octanol–water partition coefficient (Wildman–Crippen LogP) is 4.82. The second kappa shape index (κ2) is 5.58. The van der Waals surface area contributed by atoms with Gasteiger partial charge in [-0.15, -0.1) is 0 Å². The van der Waals surface area contributed by atoms with Crippen molar-refractivity contribution in [3.05, 3.63) is 69.2 Å². The molecule has 0 aromatic heterocycles. The molecule has 5 heteroatoms. The zero-order valence-corrected chi connectivity index (χ0v) is 12.3. The Bertz CT molecular complexity index is 623. The molecule has 2 aromatic rings. The molecule has 0 spiro atoms. The Morgan fingerprint density at radius 2 is 1.80 bits per heavy atom. The first-order valence-electron chi connectivity index (χ1n) is 5.98. The van der Waals surface area contributed by atoms with Crippen LogP contribution < -0.4 is 5.73 Å². The second-order valence-electron chi connectivity index (χ2n) is 4.60. The fourth-order valence-corrected chi connectivity index (χ4v) is 2.55. The lowest BCUT2D eigenvalue weighted by atomic mass is 9.95. The van der Waals surface area contributed by atoms with Crippen LogP contribution in [0.2, 0.25) is 0 Å². The Labute approximate surface area is 123 Å². The minimum atomic E-state index is -4.36. The quantitative estimate of drug-likeness (QED) is 0.830. The first-order chi connectivity index (χ1) is 9.29. The van der Waals surface area contributed by atoms with E-state index in [9.17, 15) is 13.2 Å². The molecule has 1 atom stereocenters. The first kappa shape index (κ1) is 15.1. The van der Waals surface area contributed by atoms with E-state index in [0.29, 0.717) is 5.56 Å². The van der Waals surface area contributed by atoms with E-state index in [1.807, 2.05) is 25.1 Å². The highest BCUT2D eigenvalue weighted by atomic mass is 79.9.